The van der Waals surface area contributed by atoms with Crippen molar-refractivity contribution < 1.29 is 0 Å². The third-order valence-electron chi connectivity index (χ3n) is 7.89. The minimum atomic E-state index is 0.422. The highest BCUT2D eigenvalue weighted by molar-refractivity contribution is 5.25. The van der Waals surface area contributed by atoms with Crippen LogP contribution in [0.15, 0.2) is 11.6 Å². The van der Waals surface area contributed by atoms with Crippen LogP contribution in [0.25, 0.3) is 0 Å². The average Bonchev–Trinajstić information content (AvgIpc) is 2.88. The second-order valence-electron chi connectivity index (χ2n) is 8.49. The van der Waals surface area contributed by atoms with Crippen LogP contribution in [0.4, 0.5) is 0 Å². The van der Waals surface area contributed by atoms with Crippen molar-refractivity contribution in [1.29, 1.82) is 0 Å². The first kappa shape index (κ1) is 13.4. The lowest BCUT2D eigenvalue weighted by atomic mass is 9.48. The van der Waals surface area contributed by atoms with Crippen LogP contribution in [-0.2, 0) is 0 Å². The Morgan fingerprint density at radius 3 is 2.85 bits per heavy atom. The zero-order valence-corrected chi connectivity index (χ0v) is 13.2. The number of rotatable bonds is 1. The first-order valence-corrected chi connectivity index (χ1v) is 9.09. The van der Waals surface area contributed by atoms with E-state index in [1.54, 1.807) is 5.57 Å². The highest BCUT2D eigenvalue weighted by Gasteiger charge is 2.56. The van der Waals surface area contributed by atoms with Crippen molar-refractivity contribution in [3.63, 3.8) is 0 Å². The van der Waals surface area contributed by atoms with E-state index in [0.717, 1.165) is 24.3 Å². The Balaban J connectivity index is 1.72. The Hall–Kier alpha value is -0.300. The van der Waals surface area contributed by atoms with Gasteiger partial charge in [0.25, 0.3) is 0 Å². The average molecular weight is 273 g/mol. The van der Waals surface area contributed by atoms with Crippen LogP contribution >= 0.6 is 0 Å². The molecule has 0 spiro atoms. The lowest BCUT2D eigenvalue weighted by Crippen LogP contribution is -2.52. The number of allylic oxidation sites excluding steroid dienone is 1. The maximum Gasteiger partial charge on any atom is 0.00655 e. The topological polar surface area (TPSA) is 26.0 Å². The largest absolute Gasteiger partial charge is 0.330 e. The minimum absolute atomic E-state index is 0.422. The quantitative estimate of drug-likeness (QED) is 0.690. The summed E-state index contributed by atoms with van der Waals surface area (Å²) in [4.78, 5) is 0. The van der Waals surface area contributed by atoms with Gasteiger partial charge in [-0.15, -0.1) is 0 Å². The van der Waals surface area contributed by atoms with Crippen molar-refractivity contribution in [3.05, 3.63) is 11.6 Å². The summed E-state index contributed by atoms with van der Waals surface area (Å²) in [6.45, 7) is 3.51. The molecule has 0 radical (unpaired) electrons. The lowest BCUT2D eigenvalue weighted by molar-refractivity contribution is -0.0286. The summed E-state index contributed by atoms with van der Waals surface area (Å²) in [6.07, 6.45) is 17.0. The highest BCUT2D eigenvalue weighted by Crippen LogP contribution is 2.64. The first-order chi connectivity index (χ1) is 9.70. The molecule has 3 saturated carbocycles. The van der Waals surface area contributed by atoms with Gasteiger partial charge in [-0.05, 0) is 74.5 Å². The summed E-state index contributed by atoms with van der Waals surface area (Å²) >= 11 is 0. The Morgan fingerprint density at radius 2 is 2.00 bits per heavy atom. The molecule has 112 valence electrons. The fraction of sp³-hybridized carbons (Fsp3) is 0.895. The molecule has 4 aliphatic carbocycles. The summed E-state index contributed by atoms with van der Waals surface area (Å²) in [7, 11) is 0. The van der Waals surface area contributed by atoms with Gasteiger partial charge >= 0.3 is 0 Å². The normalized spacial score (nSPS) is 50.9. The van der Waals surface area contributed by atoms with Gasteiger partial charge in [-0.3, -0.25) is 0 Å². The summed E-state index contributed by atoms with van der Waals surface area (Å²) in [5.74, 6) is 2.88. The third kappa shape index (κ3) is 1.65. The van der Waals surface area contributed by atoms with E-state index < -0.39 is 0 Å². The van der Waals surface area contributed by atoms with Crippen LogP contribution in [0.1, 0.15) is 71.1 Å². The molecule has 4 aliphatic rings. The van der Waals surface area contributed by atoms with E-state index in [9.17, 15) is 0 Å². The summed E-state index contributed by atoms with van der Waals surface area (Å²) in [5, 5.41) is 0. The molecule has 1 nitrogen and oxygen atoms in total. The predicted octanol–water partition coefficient (Wildman–Crippen LogP) is 4.67. The molecule has 1 heteroatoms. The zero-order chi connectivity index (χ0) is 13.8. The Kier molecular flexibility index (Phi) is 3.07. The number of nitrogens with two attached hydrogens (primary N) is 1. The summed E-state index contributed by atoms with van der Waals surface area (Å²) in [5.41, 5.74) is 9.26. The molecule has 0 aromatic rings. The van der Waals surface area contributed by atoms with Gasteiger partial charge < -0.3 is 5.73 Å². The molecule has 3 fully saturated rings. The molecule has 0 aromatic carbocycles. The fourth-order valence-corrected chi connectivity index (χ4v) is 6.85. The maximum absolute atomic E-state index is 6.38. The van der Waals surface area contributed by atoms with Gasteiger partial charge in [0.15, 0.2) is 0 Å². The third-order valence-corrected chi connectivity index (χ3v) is 7.89. The lowest BCUT2D eigenvalue weighted by Gasteiger charge is -2.57. The van der Waals surface area contributed by atoms with Crippen LogP contribution in [0, 0.1) is 28.6 Å². The molecule has 0 saturated heterocycles. The van der Waals surface area contributed by atoms with Gasteiger partial charge in [0.05, 0.1) is 0 Å². The van der Waals surface area contributed by atoms with Gasteiger partial charge in [-0.1, -0.05) is 31.4 Å². The molecule has 5 atom stereocenters. The molecular weight excluding hydrogens is 242 g/mol. The molecule has 20 heavy (non-hydrogen) atoms. The van der Waals surface area contributed by atoms with Gasteiger partial charge in [0.2, 0.25) is 0 Å². The maximum atomic E-state index is 6.38. The Morgan fingerprint density at radius 1 is 1.10 bits per heavy atom. The monoisotopic (exact) mass is 273 g/mol. The fourth-order valence-electron chi connectivity index (χ4n) is 6.85. The van der Waals surface area contributed by atoms with Crippen molar-refractivity contribution in [3.8, 4) is 0 Å². The molecule has 4 rings (SSSR count). The van der Waals surface area contributed by atoms with E-state index in [1.165, 1.54) is 64.2 Å². The summed E-state index contributed by atoms with van der Waals surface area (Å²) < 4.78 is 0. The van der Waals surface area contributed by atoms with Crippen LogP contribution in [0.3, 0.4) is 0 Å². The van der Waals surface area contributed by atoms with E-state index in [2.05, 4.69) is 13.0 Å². The predicted molar refractivity (Wildman–Crippen MR) is 84.3 cm³/mol. The van der Waals surface area contributed by atoms with Crippen molar-refractivity contribution in [2.75, 3.05) is 6.54 Å². The smallest absolute Gasteiger partial charge is 0.00655 e. The second-order valence-corrected chi connectivity index (χ2v) is 8.49. The Labute approximate surface area is 124 Å². The SMILES string of the molecule is C[C@@]12CCC[C@H]1[C@@H]1CC=C3CCCC[C@]3(CN)[C@@H]1CC2. The molecule has 0 amide bonds. The van der Waals surface area contributed by atoms with Crippen LogP contribution < -0.4 is 5.73 Å². The van der Waals surface area contributed by atoms with Crippen molar-refractivity contribution >= 4 is 0 Å². The molecule has 0 bridgehead atoms. The van der Waals surface area contributed by atoms with Crippen molar-refractivity contribution in [2.24, 2.45) is 34.3 Å². The van der Waals surface area contributed by atoms with Crippen LogP contribution in [0.5, 0.6) is 0 Å². The van der Waals surface area contributed by atoms with Gasteiger partial charge in [0, 0.05) is 12.0 Å². The number of fused-ring (bicyclic) bond motifs is 5. The van der Waals surface area contributed by atoms with E-state index in [0.29, 0.717) is 10.8 Å². The van der Waals surface area contributed by atoms with E-state index in [1.807, 2.05) is 0 Å². The Bertz CT molecular complexity index is 425. The first-order valence-electron chi connectivity index (χ1n) is 9.09. The van der Waals surface area contributed by atoms with E-state index in [4.69, 9.17) is 5.73 Å². The van der Waals surface area contributed by atoms with Crippen LogP contribution in [0.2, 0.25) is 0 Å². The van der Waals surface area contributed by atoms with Crippen molar-refractivity contribution in [1.82, 2.24) is 0 Å². The zero-order valence-electron chi connectivity index (χ0n) is 13.2. The van der Waals surface area contributed by atoms with E-state index in [-0.39, 0.29) is 0 Å². The second kappa shape index (κ2) is 4.60. The molecule has 0 heterocycles. The van der Waals surface area contributed by atoms with E-state index >= 15 is 0 Å². The molecule has 0 unspecified atom stereocenters. The number of hydrogen-bond acceptors (Lipinski definition) is 1. The van der Waals surface area contributed by atoms with Gasteiger partial charge in [0.1, 0.15) is 0 Å². The van der Waals surface area contributed by atoms with Gasteiger partial charge in [-0.25, -0.2) is 0 Å². The molecule has 0 aliphatic heterocycles. The summed E-state index contributed by atoms with van der Waals surface area (Å²) in [6, 6.07) is 0. The molecule has 0 aromatic heterocycles. The van der Waals surface area contributed by atoms with Crippen LogP contribution in [-0.4, -0.2) is 6.54 Å². The minimum Gasteiger partial charge on any atom is -0.330 e. The van der Waals surface area contributed by atoms with Crippen molar-refractivity contribution in [2.45, 2.75) is 71.1 Å². The van der Waals surface area contributed by atoms with Gasteiger partial charge in [-0.2, -0.15) is 0 Å². The molecule has 2 N–H and O–H groups in total. The highest BCUT2D eigenvalue weighted by atomic mass is 14.7. The molecular formula is C19H31N. The number of hydrogen-bond donors (Lipinski definition) is 1. The standard InChI is InChI=1S/C19H31N/c1-18-10-4-6-16(18)15-8-7-14-5-2-3-11-19(14,13-20)17(15)9-12-18/h7,15-17H,2-6,8-13,20H2,1H3/t15-,16-,17+,18-,19+/m0/s1.